The van der Waals surface area contributed by atoms with Gasteiger partial charge >= 0.3 is 6.16 Å². The van der Waals surface area contributed by atoms with E-state index in [0.717, 1.165) is 0 Å². The highest BCUT2D eigenvalue weighted by Gasteiger charge is 1.93. The molecule has 0 aromatic carbocycles. The third-order valence-corrected chi connectivity index (χ3v) is 1.14. The van der Waals surface area contributed by atoms with E-state index in [-0.39, 0.29) is 6.61 Å². The first-order valence-corrected chi connectivity index (χ1v) is 3.79. The Kier molecular flexibility index (Phi) is 6.07. The molecule has 0 spiro atoms. The van der Waals surface area contributed by atoms with Crippen molar-refractivity contribution < 1.29 is 14.6 Å². The number of rotatable bonds is 4. The number of hydrogen-bond donors (Lipinski definition) is 1. The third kappa shape index (κ3) is 9.59. The molecule has 0 bridgehead atoms. The largest absolute Gasteiger partial charge is 0.506 e. The van der Waals surface area contributed by atoms with E-state index in [9.17, 15) is 4.79 Å². The van der Waals surface area contributed by atoms with Crippen LogP contribution in [-0.2, 0) is 4.74 Å². The maximum absolute atomic E-state index is 9.79. The molecule has 0 fully saturated rings. The van der Waals surface area contributed by atoms with Gasteiger partial charge in [-0.3, -0.25) is 0 Å². The summed E-state index contributed by atoms with van der Waals surface area (Å²) >= 11 is 10.8. The number of hydrogen-bond acceptors (Lipinski definition) is 2. The van der Waals surface area contributed by atoms with Crippen LogP contribution in [-0.4, -0.2) is 22.7 Å². The van der Waals surface area contributed by atoms with Crippen molar-refractivity contribution in [1.82, 2.24) is 0 Å². The van der Waals surface area contributed by atoms with E-state index >= 15 is 0 Å². The van der Waals surface area contributed by atoms with Crippen molar-refractivity contribution >= 4 is 29.4 Å². The van der Waals surface area contributed by atoms with E-state index < -0.39 is 11.0 Å². The fraction of sp³-hybridized carbons (Fsp3) is 0.500. The van der Waals surface area contributed by atoms with Crippen molar-refractivity contribution in [2.75, 3.05) is 6.61 Å². The second kappa shape index (κ2) is 6.31. The zero-order chi connectivity index (χ0) is 8.69. The Bertz CT molecular complexity index is 145. The number of carbonyl (C=O) groups is 1. The van der Waals surface area contributed by atoms with Crippen molar-refractivity contribution in [2.45, 2.75) is 11.3 Å². The summed E-state index contributed by atoms with van der Waals surface area (Å²) in [6, 6.07) is 0. The monoisotopic (exact) mass is 198 g/mol. The van der Waals surface area contributed by atoms with Crippen LogP contribution in [0.3, 0.4) is 0 Å². The lowest BCUT2D eigenvalue weighted by molar-refractivity contribution is 0.102. The van der Waals surface area contributed by atoms with Gasteiger partial charge in [-0.05, 0) is 6.42 Å². The first kappa shape index (κ1) is 10.6. The maximum Gasteiger partial charge on any atom is 0.506 e. The molecule has 0 atom stereocenters. The standard InChI is InChI=1S/C6H8Cl2O3/c7-5(8)3-1-2-4-11-6(9)10/h1-2,5H,3-4H2,(H,9,10). The average molecular weight is 199 g/mol. The lowest BCUT2D eigenvalue weighted by Gasteiger charge is -1.93. The van der Waals surface area contributed by atoms with E-state index in [1.54, 1.807) is 12.2 Å². The van der Waals surface area contributed by atoms with Gasteiger partial charge in [-0.2, -0.15) is 0 Å². The van der Waals surface area contributed by atoms with Gasteiger partial charge in [-0.1, -0.05) is 12.2 Å². The molecule has 0 amide bonds. The molecule has 0 rings (SSSR count). The van der Waals surface area contributed by atoms with Crippen LogP contribution >= 0.6 is 23.2 Å². The molecule has 0 aliphatic carbocycles. The summed E-state index contributed by atoms with van der Waals surface area (Å²) in [6.45, 7) is 0.0375. The smallest absolute Gasteiger partial charge is 0.450 e. The Morgan fingerprint density at radius 2 is 2.18 bits per heavy atom. The van der Waals surface area contributed by atoms with Gasteiger partial charge in [0.05, 0.1) is 0 Å². The minimum atomic E-state index is -1.29. The van der Waals surface area contributed by atoms with Crippen LogP contribution in [0.2, 0.25) is 0 Å². The molecule has 0 saturated carbocycles. The Balaban J connectivity index is 3.23. The van der Waals surface area contributed by atoms with E-state index in [2.05, 4.69) is 4.74 Å². The molecule has 11 heavy (non-hydrogen) atoms. The molecule has 64 valence electrons. The molecule has 1 N–H and O–H groups in total. The van der Waals surface area contributed by atoms with E-state index in [1.165, 1.54) is 0 Å². The first-order chi connectivity index (χ1) is 5.13. The fourth-order valence-corrected chi connectivity index (χ4v) is 0.592. The fourth-order valence-electron chi connectivity index (χ4n) is 0.387. The second-order valence-corrected chi connectivity index (χ2v) is 2.95. The van der Waals surface area contributed by atoms with Crippen molar-refractivity contribution in [3.05, 3.63) is 12.2 Å². The van der Waals surface area contributed by atoms with Gasteiger partial charge in [0, 0.05) is 0 Å². The summed E-state index contributed by atoms with van der Waals surface area (Å²) in [4.78, 5) is 9.34. The van der Waals surface area contributed by atoms with E-state index in [1.807, 2.05) is 0 Å². The summed E-state index contributed by atoms with van der Waals surface area (Å²) in [7, 11) is 0. The summed E-state index contributed by atoms with van der Waals surface area (Å²) in [6.07, 6.45) is 2.41. The molecule has 5 heteroatoms. The topological polar surface area (TPSA) is 46.5 Å². The van der Waals surface area contributed by atoms with Crippen molar-refractivity contribution in [3.8, 4) is 0 Å². The third-order valence-electron chi connectivity index (χ3n) is 0.784. The lowest BCUT2D eigenvalue weighted by atomic mass is 10.4. The second-order valence-electron chi connectivity index (χ2n) is 1.68. The molecule has 0 saturated heterocycles. The first-order valence-electron chi connectivity index (χ1n) is 2.92. The normalized spacial score (nSPS) is 10.8. The summed E-state index contributed by atoms with van der Waals surface area (Å²) in [5.74, 6) is 0. The average Bonchev–Trinajstić information content (AvgIpc) is 1.85. The molecule has 0 aliphatic rings. The van der Waals surface area contributed by atoms with Crippen LogP contribution in [0.1, 0.15) is 6.42 Å². The number of ether oxygens (including phenoxy) is 1. The number of alkyl halides is 2. The summed E-state index contributed by atoms with van der Waals surface area (Å²) < 4.78 is 4.17. The molecule has 0 heterocycles. The Hall–Kier alpha value is -0.410. The van der Waals surface area contributed by atoms with Gasteiger partial charge in [-0.25, -0.2) is 4.79 Å². The van der Waals surface area contributed by atoms with Gasteiger partial charge in [0.15, 0.2) is 0 Å². The zero-order valence-electron chi connectivity index (χ0n) is 5.67. The molecule has 0 aromatic heterocycles. The van der Waals surface area contributed by atoms with Crippen LogP contribution < -0.4 is 0 Å². The predicted molar refractivity (Wildman–Crippen MR) is 43.2 cm³/mol. The number of halogens is 2. The van der Waals surface area contributed by atoms with E-state index in [0.29, 0.717) is 6.42 Å². The van der Waals surface area contributed by atoms with E-state index in [4.69, 9.17) is 28.3 Å². The SMILES string of the molecule is O=C(O)OCC=CCC(Cl)Cl. The molecular weight excluding hydrogens is 191 g/mol. The molecule has 0 aliphatic heterocycles. The molecule has 0 radical (unpaired) electrons. The van der Waals surface area contributed by atoms with Crippen LogP contribution in [0.25, 0.3) is 0 Å². The molecule has 0 aromatic rings. The van der Waals surface area contributed by atoms with Gasteiger partial charge in [0.1, 0.15) is 11.4 Å². The van der Waals surface area contributed by atoms with Crippen LogP contribution in [0, 0.1) is 0 Å². The predicted octanol–water partition coefficient (Wildman–Crippen LogP) is 2.43. The van der Waals surface area contributed by atoms with Crippen LogP contribution in [0.15, 0.2) is 12.2 Å². The highest BCUT2D eigenvalue weighted by Crippen LogP contribution is 2.06. The molecule has 0 unspecified atom stereocenters. The van der Waals surface area contributed by atoms with Crippen LogP contribution in [0.4, 0.5) is 4.79 Å². The van der Waals surface area contributed by atoms with Gasteiger partial charge in [0.25, 0.3) is 0 Å². The van der Waals surface area contributed by atoms with Crippen molar-refractivity contribution in [2.24, 2.45) is 0 Å². The summed E-state index contributed by atoms with van der Waals surface area (Å²) in [5, 5.41) is 8.01. The Morgan fingerprint density at radius 1 is 1.55 bits per heavy atom. The van der Waals surface area contributed by atoms with Crippen LogP contribution in [0.5, 0.6) is 0 Å². The minimum Gasteiger partial charge on any atom is -0.450 e. The molecular formula is C6H8Cl2O3. The van der Waals surface area contributed by atoms with Crippen molar-refractivity contribution in [1.29, 1.82) is 0 Å². The van der Waals surface area contributed by atoms with Gasteiger partial charge < -0.3 is 9.84 Å². The molecule has 3 nitrogen and oxygen atoms in total. The van der Waals surface area contributed by atoms with Gasteiger partial charge in [-0.15, -0.1) is 23.2 Å². The van der Waals surface area contributed by atoms with Gasteiger partial charge in [0.2, 0.25) is 0 Å². The Morgan fingerprint density at radius 3 is 2.64 bits per heavy atom. The number of carboxylic acid groups (broad SMARTS) is 1. The maximum atomic E-state index is 9.79. The quantitative estimate of drug-likeness (QED) is 0.429. The minimum absolute atomic E-state index is 0.0375. The number of allylic oxidation sites excluding steroid dienone is 1. The van der Waals surface area contributed by atoms with Crippen molar-refractivity contribution in [3.63, 3.8) is 0 Å². The highest BCUT2D eigenvalue weighted by atomic mass is 35.5. The Labute approximate surface area is 74.6 Å². The highest BCUT2D eigenvalue weighted by molar-refractivity contribution is 6.44. The lowest BCUT2D eigenvalue weighted by Crippen LogP contribution is -1.99. The zero-order valence-corrected chi connectivity index (χ0v) is 7.18. The summed E-state index contributed by atoms with van der Waals surface area (Å²) in [5.41, 5.74) is 0.